The smallest absolute Gasteiger partial charge is 0.104 e. The van der Waals surface area contributed by atoms with Crippen LogP contribution in [0, 0.1) is 13.8 Å². The van der Waals surface area contributed by atoms with Gasteiger partial charge in [0.15, 0.2) is 0 Å². The first-order valence-electron chi connectivity index (χ1n) is 6.40. The molecule has 0 amide bonds. The molecule has 0 saturated carbocycles. The van der Waals surface area contributed by atoms with Gasteiger partial charge in [-0.3, -0.25) is 0 Å². The number of anilines is 1. The summed E-state index contributed by atoms with van der Waals surface area (Å²) in [6.45, 7) is 6.33. The van der Waals surface area contributed by atoms with E-state index in [1.807, 2.05) is 6.92 Å². The maximum atomic E-state index is 4.42. The SMILES string of the molecule is Cc1nc2ccc(NC(C)c3sccc3C)cc2[nH]1. The highest BCUT2D eigenvalue weighted by atomic mass is 32.1. The number of fused-ring (bicyclic) bond motifs is 1. The van der Waals surface area contributed by atoms with E-state index in [-0.39, 0.29) is 0 Å². The fourth-order valence-corrected chi connectivity index (χ4v) is 3.31. The summed E-state index contributed by atoms with van der Waals surface area (Å²) in [5, 5.41) is 5.69. The molecular formula is C15H17N3S. The minimum absolute atomic E-state index is 0.321. The van der Waals surface area contributed by atoms with E-state index >= 15 is 0 Å². The Morgan fingerprint density at radius 2 is 2.11 bits per heavy atom. The lowest BCUT2D eigenvalue weighted by atomic mass is 10.2. The second-order valence-corrected chi connectivity index (χ2v) is 5.84. The average Bonchev–Trinajstić information content (AvgIpc) is 2.93. The molecule has 3 rings (SSSR count). The minimum Gasteiger partial charge on any atom is -0.378 e. The number of rotatable bonds is 3. The highest BCUT2D eigenvalue weighted by Gasteiger charge is 2.10. The molecule has 0 radical (unpaired) electrons. The van der Waals surface area contributed by atoms with Gasteiger partial charge in [-0.2, -0.15) is 0 Å². The van der Waals surface area contributed by atoms with Gasteiger partial charge in [-0.25, -0.2) is 4.98 Å². The van der Waals surface area contributed by atoms with Crippen LogP contribution in [-0.4, -0.2) is 9.97 Å². The highest BCUT2D eigenvalue weighted by molar-refractivity contribution is 7.10. The monoisotopic (exact) mass is 271 g/mol. The first kappa shape index (κ1) is 12.2. The van der Waals surface area contributed by atoms with Crippen molar-refractivity contribution in [1.29, 1.82) is 0 Å². The van der Waals surface area contributed by atoms with Gasteiger partial charge >= 0.3 is 0 Å². The van der Waals surface area contributed by atoms with E-state index in [1.54, 1.807) is 11.3 Å². The summed E-state index contributed by atoms with van der Waals surface area (Å²) in [6, 6.07) is 8.74. The molecule has 1 aromatic carbocycles. The molecule has 0 spiro atoms. The summed E-state index contributed by atoms with van der Waals surface area (Å²) < 4.78 is 0. The predicted molar refractivity (Wildman–Crippen MR) is 81.9 cm³/mol. The second-order valence-electron chi connectivity index (χ2n) is 4.89. The van der Waals surface area contributed by atoms with Crippen LogP contribution in [0.4, 0.5) is 5.69 Å². The van der Waals surface area contributed by atoms with E-state index in [9.17, 15) is 0 Å². The summed E-state index contributed by atoms with van der Waals surface area (Å²) in [5.41, 5.74) is 4.57. The molecule has 1 atom stereocenters. The van der Waals surface area contributed by atoms with Crippen molar-refractivity contribution in [1.82, 2.24) is 9.97 Å². The third-order valence-electron chi connectivity index (χ3n) is 3.28. The lowest BCUT2D eigenvalue weighted by Crippen LogP contribution is -2.05. The number of nitrogens with zero attached hydrogens (tertiary/aromatic N) is 1. The molecule has 0 aliphatic rings. The number of imidazole rings is 1. The largest absolute Gasteiger partial charge is 0.378 e. The summed E-state index contributed by atoms with van der Waals surface area (Å²) in [6.07, 6.45) is 0. The van der Waals surface area contributed by atoms with Gasteiger partial charge in [0.2, 0.25) is 0 Å². The number of H-pyrrole nitrogens is 1. The van der Waals surface area contributed by atoms with Crippen LogP contribution in [0.1, 0.15) is 29.2 Å². The third-order valence-corrected chi connectivity index (χ3v) is 4.48. The Morgan fingerprint density at radius 1 is 1.26 bits per heavy atom. The molecule has 0 aliphatic heterocycles. The van der Waals surface area contributed by atoms with Gasteiger partial charge in [-0.05, 0) is 56.0 Å². The second kappa shape index (κ2) is 4.70. The Kier molecular flexibility index (Phi) is 3.03. The van der Waals surface area contributed by atoms with Crippen molar-refractivity contribution >= 4 is 28.1 Å². The summed E-state index contributed by atoms with van der Waals surface area (Å²) in [5.74, 6) is 0.953. The molecule has 2 aromatic heterocycles. The Balaban J connectivity index is 1.86. The molecule has 1 unspecified atom stereocenters. The van der Waals surface area contributed by atoms with Gasteiger partial charge in [0, 0.05) is 10.6 Å². The minimum atomic E-state index is 0.321. The first-order chi connectivity index (χ1) is 9.13. The molecule has 98 valence electrons. The van der Waals surface area contributed by atoms with Crippen LogP contribution < -0.4 is 5.32 Å². The van der Waals surface area contributed by atoms with Crippen molar-refractivity contribution in [2.75, 3.05) is 5.32 Å². The van der Waals surface area contributed by atoms with Crippen molar-refractivity contribution in [3.05, 3.63) is 45.9 Å². The van der Waals surface area contributed by atoms with E-state index in [2.05, 4.69) is 58.8 Å². The zero-order valence-corrected chi connectivity index (χ0v) is 12.1. The predicted octanol–water partition coefficient (Wildman–Crippen LogP) is 4.41. The van der Waals surface area contributed by atoms with Crippen LogP contribution >= 0.6 is 11.3 Å². The number of nitrogens with one attached hydrogen (secondary N) is 2. The van der Waals surface area contributed by atoms with Gasteiger partial charge in [0.1, 0.15) is 5.82 Å². The van der Waals surface area contributed by atoms with Gasteiger partial charge in [0.25, 0.3) is 0 Å². The first-order valence-corrected chi connectivity index (χ1v) is 7.28. The number of hydrogen-bond acceptors (Lipinski definition) is 3. The number of thiophene rings is 1. The summed E-state index contributed by atoms with van der Waals surface area (Å²) >= 11 is 1.80. The van der Waals surface area contributed by atoms with E-state index in [4.69, 9.17) is 0 Å². The van der Waals surface area contributed by atoms with E-state index in [0.29, 0.717) is 6.04 Å². The number of hydrogen-bond donors (Lipinski definition) is 2. The van der Waals surface area contributed by atoms with Gasteiger partial charge in [0.05, 0.1) is 17.1 Å². The Labute approximate surface area is 116 Å². The maximum Gasteiger partial charge on any atom is 0.104 e. The van der Waals surface area contributed by atoms with Gasteiger partial charge < -0.3 is 10.3 Å². The summed E-state index contributed by atoms with van der Waals surface area (Å²) in [4.78, 5) is 9.08. The van der Waals surface area contributed by atoms with Crippen LogP contribution in [0.2, 0.25) is 0 Å². The van der Waals surface area contributed by atoms with Crippen LogP contribution in [-0.2, 0) is 0 Å². The van der Waals surface area contributed by atoms with Crippen LogP contribution in [0.15, 0.2) is 29.6 Å². The number of aryl methyl sites for hydroxylation is 2. The van der Waals surface area contributed by atoms with Crippen LogP contribution in [0.5, 0.6) is 0 Å². The van der Waals surface area contributed by atoms with Crippen molar-refractivity contribution in [2.45, 2.75) is 26.8 Å². The fourth-order valence-electron chi connectivity index (χ4n) is 2.37. The van der Waals surface area contributed by atoms with Crippen molar-refractivity contribution in [3.63, 3.8) is 0 Å². The van der Waals surface area contributed by atoms with Crippen molar-refractivity contribution < 1.29 is 0 Å². The topological polar surface area (TPSA) is 40.7 Å². The number of benzene rings is 1. The number of aromatic amines is 1. The number of aromatic nitrogens is 2. The lowest BCUT2D eigenvalue weighted by Gasteiger charge is -2.15. The zero-order valence-electron chi connectivity index (χ0n) is 11.3. The van der Waals surface area contributed by atoms with E-state index in [1.165, 1.54) is 10.4 Å². The maximum absolute atomic E-state index is 4.42. The third kappa shape index (κ3) is 2.36. The van der Waals surface area contributed by atoms with Crippen molar-refractivity contribution in [3.8, 4) is 0 Å². The summed E-state index contributed by atoms with van der Waals surface area (Å²) in [7, 11) is 0. The molecule has 4 heteroatoms. The molecule has 0 fully saturated rings. The Bertz CT molecular complexity index is 711. The Morgan fingerprint density at radius 3 is 2.84 bits per heavy atom. The van der Waals surface area contributed by atoms with Gasteiger partial charge in [-0.1, -0.05) is 0 Å². The standard InChI is InChI=1S/C15H17N3S/c1-9-6-7-19-15(9)10(2)16-12-4-5-13-14(8-12)18-11(3)17-13/h4-8,10,16H,1-3H3,(H,17,18). The quantitative estimate of drug-likeness (QED) is 0.740. The average molecular weight is 271 g/mol. The fraction of sp³-hybridized carbons (Fsp3) is 0.267. The van der Waals surface area contributed by atoms with E-state index < -0.39 is 0 Å². The highest BCUT2D eigenvalue weighted by Crippen LogP contribution is 2.27. The van der Waals surface area contributed by atoms with E-state index in [0.717, 1.165) is 22.5 Å². The molecular weight excluding hydrogens is 254 g/mol. The molecule has 0 saturated heterocycles. The molecule has 0 aliphatic carbocycles. The zero-order chi connectivity index (χ0) is 13.4. The molecule has 19 heavy (non-hydrogen) atoms. The lowest BCUT2D eigenvalue weighted by molar-refractivity contribution is 0.899. The Hall–Kier alpha value is -1.81. The van der Waals surface area contributed by atoms with Crippen LogP contribution in [0.25, 0.3) is 11.0 Å². The normalized spacial score (nSPS) is 12.8. The van der Waals surface area contributed by atoms with Crippen molar-refractivity contribution in [2.24, 2.45) is 0 Å². The molecule has 3 aromatic rings. The molecule has 3 nitrogen and oxygen atoms in total. The molecule has 2 heterocycles. The van der Waals surface area contributed by atoms with Crippen LogP contribution in [0.3, 0.4) is 0 Å². The van der Waals surface area contributed by atoms with Gasteiger partial charge in [-0.15, -0.1) is 11.3 Å². The molecule has 2 N–H and O–H groups in total. The molecule has 0 bridgehead atoms.